The Morgan fingerprint density at radius 3 is 1.81 bits per heavy atom. The minimum absolute atomic E-state index is 0.0683. The number of carbonyl (C=O) groups excluding carboxylic acids is 3. The highest BCUT2D eigenvalue weighted by Gasteiger charge is 2.35. The van der Waals surface area contributed by atoms with Crippen molar-refractivity contribution in [1.29, 1.82) is 0 Å². The molecule has 0 aliphatic heterocycles. The van der Waals surface area contributed by atoms with Crippen molar-refractivity contribution in [2.24, 2.45) is 0 Å². The van der Waals surface area contributed by atoms with E-state index >= 15 is 0 Å². The molecule has 0 saturated heterocycles. The lowest BCUT2D eigenvalue weighted by Crippen LogP contribution is -2.47. The number of thiazole rings is 1. The van der Waals surface area contributed by atoms with Crippen molar-refractivity contribution >= 4 is 35.2 Å². The van der Waals surface area contributed by atoms with Crippen molar-refractivity contribution in [3.63, 3.8) is 0 Å². The van der Waals surface area contributed by atoms with Crippen LogP contribution >= 0.6 is 11.3 Å². The summed E-state index contributed by atoms with van der Waals surface area (Å²) in [6.07, 6.45) is 19.0. The number of hydrogen-bond donors (Lipinski definition) is 1. The lowest BCUT2D eigenvalue weighted by molar-refractivity contribution is -0.681. The quantitative estimate of drug-likeness (QED) is 0.0943. The van der Waals surface area contributed by atoms with E-state index in [2.05, 4.69) is 12.2 Å². The van der Waals surface area contributed by atoms with Crippen molar-refractivity contribution in [3.05, 3.63) is 10.4 Å². The molecule has 1 aromatic rings. The molecule has 0 aliphatic carbocycles. The molecule has 1 N–H and O–H groups in total. The van der Waals surface area contributed by atoms with Gasteiger partial charge in [0, 0.05) is 27.5 Å². The van der Waals surface area contributed by atoms with Crippen LogP contribution in [0.25, 0.3) is 0 Å². The maximum absolute atomic E-state index is 12.7. The van der Waals surface area contributed by atoms with Crippen molar-refractivity contribution < 1.29 is 33.2 Å². The highest BCUT2D eigenvalue weighted by atomic mass is 32.1. The van der Waals surface area contributed by atoms with E-state index in [1.807, 2.05) is 18.4 Å². The number of amides is 3. The lowest BCUT2D eigenvalue weighted by atomic mass is 10.0. The number of methoxy groups -OCH3 is 1. The van der Waals surface area contributed by atoms with Gasteiger partial charge >= 0.3 is 23.9 Å². The third-order valence-electron chi connectivity index (χ3n) is 7.46. The van der Waals surface area contributed by atoms with Gasteiger partial charge in [-0.15, -0.1) is 0 Å². The first-order valence-corrected chi connectivity index (χ1v) is 17.1. The number of anilines is 1. The van der Waals surface area contributed by atoms with Gasteiger partial charge in [-0.3, -0.25) is 0 Å². The Bertz CT molecular complexity index is 878. The minimum atomic E-state index is -0.794. The van der Waals surface area contributed by atoms with Gasteiger partial charge in [0.1, 0.15) is 19.3 Å². The van der Waals surface area contributed by atoms with Crippen LogP contribution in [0.4, 0.5) is 15.4 Å². The average molecular weight is 613 g/mol. The molecule has 242 valence electrons. The number of nitrogens with one attached hydrogen (secondary N) is 1. The van der Waals surface area contributed by atoms with Crippen LogP contribution in [0.1, 0.15) is 129 Å². The maximum atomic E-state index is 12.7. The van der Waals surface area contributed by atoms with Gasteiger partial charge in [0.25, 0.3) is 0 Å². The molecule has 1 rings (SSSR count). The molecule has 1 aromatic heterocycles. The predicted octanol–water partition coefficient (Wildman–Crippen LogP) is 7.86. The number of unbranched alkanes of at least 4 members (excludes halogenated alkanes) is 15. The number of nitrogens with zero attached hydrogens (tertiary/aromatic N) is 2. The van der Waals surface area contributed by atoms with E-state index in [0.29, 0.717) is 18.9 Å². The highest BCUT2D eigenvalue weighted by Crippen LogP contribution is 2.18. The van der Waals surface area contributed by atoms with Crippen molar-refractivity contribution in [3.8, 4) is 0 Å². The van der Waals surface area contributed by atoms with Crippen LogP contribution in [0.2, 0.25) is 0 Å². The summed E-state index contributed by atoms with van der Waals surface area (Å²) in [5.74, 6) is 0.0230. The van der Waals surface area contributed by atoms with Gasteiger partial charge in [0.2, 0.25) is 0 Å². The summed E-state index contributed by atoms with van der Waals surface area (Å²) < 4.78 is 17.7. The van der Waals surface area contributed by atoms with Gasteiger partial charge < -0.3 is 19.5 Å². The third kappa shape index (κ3) is 16.4. The molecular formula is C32H58N3O6S+. The average Bonchev–Trinajstić information content (AvgIpc) is 3.33. The van der Waals surface area contributed by atoms with E-state index in [9.17, 15) is 14.4 Å². The standard InChI is InChI=1S/C32H57N3O6S/c1-6-8-9-10-11-12-13-14-15-16-17-18-19-20-21-22-23-33-31(37)40-24-29(39-5)25-41-32(38)35(27(3)36)30-26-42-28(4)34(30)7-2/h26,29H,6-25H2,1-5H3/p+1. The number of ether oxygens (including phenoxy) is 3. The van der Waals surface area contributed by atoms with Gasteiger partial charge in [-0.1, -0.05) is 119 Å². The molecule has 0 fully saturated rings. The van der Waals surface area contributed by atoms with Crippen molar-refractivity contribution in [2.45, 2.75) is 143 Å². The summed E-state index contributed by atoms with van der Waals surface area (Å²) in [7, 11) is 1.45. The SMILES string of the molecule is CCCCCCCCCCCCCCCCCCNC(=O)OCC(COC(=O)N(C(C)=O)c1csc(C)[n+]1CC)OC. The monoisotopic (exact) mass is 612 g/mol. The summed E-state index contributed by atoms with van der Waals surface area (Å²) in [6.45, 7) is 8.41. The number of aromatic nitrogens is 1. The lowest BCUT2D eigenvalue weighted by Gasteiger charge is -2.17. The topological polar surface area (TPSA) is 98.0 Å². The van der Waals surface area contributed by atoms with E-state index < -0.39 is 24.2 Å². The fourth-order valence-electron chi connectivity index (χ4n) is 4.86. The summed E-state index contributed by atoms with van der Waals surface area (Å²) in [5.41, 5.74) is 0. The maximum Gasteiger partial charge on any atom is 0.515 e. The molecule has 1 unspecified atom stereocenters. The second-order valence-corrected chi connectivity index (χ2v) is 12.0. The largest absolute Gasteiger partial charge is 0.515 e. The predicted molar refractivity (Wildman–Crippen MR) is 169 cm³/mol. The van der Waals surface area contributed by atoms with Crippen LogP contribution in [-0.2, 0) is 25.5 Å². The third-order valence-corrected chi connectivity index (χ3v) is 8.35. The molecule has 1 atom stereocenters. The summed E-state index contributed by atoms with van der Waals surface area (Å²) in [6, 6.07) is 0. The zero-order chi connectivity index (χ0) is 31.0. The van der Waals surface area contributed by atoms with Crippen LogP contribution in [0.15, 0.2) is 5.38 Å². The molecule has 1 heterocycles. The molecule has 3 amide bonds. The van der Waals surface area contributed by atoms with Gasteiger partial charge in [0.15, 0.2) is 5.01 Å². The molecular weight excluding hydrogens is 554 g/mol. The fraction of sp³-hybridized carbons (Fsp3) is 0.812. The summed E-state index contributed by atoms with van der Waals surface area (Å²) in [4.78, 5) is 38.0. The normalized spacial score (nSPS) is 11.7. The first-order valence-electron chi connectivity index (χ1n) is 16.2. The van der Waals surface area contributed by atoms with Gasteiger partial charge in [-0.05, 0) is 13.3 Å². The van der Waals surface area contributed by atoms with E-state index in [4.69, 9.17) is 14.2 Å². The van der Waals surface area contributed by atoms with Crippen molar-refractivity contribution in [2.75, 3.05) is 31.8 Å². The van der Waals surface area contributed by atoms with Crippen LogP contribution in [0, 0.1) is 6.92 Å². The first-order chi connectivity index (χ1) is 20.3. The number of aryl methyl sites for hydroxylation is 1. The zero-order valence-corrected chi connectivity index (χ0v) is 27.9. The van der Waals surface area contributed by atoms with Crippen LogP contribution in [-0.4, -0.2) is 51.1 Å². The second kappa shape index (κ2) is 24.3. The molecule has 0 radical (unpaired) electrons. The molecule has 0 saturated carbocycles. The number of imide groups is 1. The number of rotatable bonds is 24. The molecule has 9 nitrogen and oxygen atoms in total. The van der Waals surface area contributed by atoms with Crippen molar-refractivity contribution in [1.82, 2.24) is 5.32 Å². The number of carbonyl (C=O) groups is 3. The molecule has 0 bridgehead atoms. The van der Waals surface area contributed by atoms with E-state index in [1.165, 1.54) is 115 Å². The molecule has 0 spiro atoms. The molecule has 10 heteroatoms. The van der Waals surface area contributed by atoms with Gasteiger partial charge in [-0.2, -0.15) is 4.79 Å². The fourth-order valence-corrected chi connectivity index (χ4v) is 5.72. The Morgan fingerprint density at radius 2 is 1.33 bits per heavy atom. The highest BCUT2D eigenvalue weighted by molar-refractivity contribution is 7.09. The van der Waals surface area contributed by atoms with Crippen LogP contribution < -0.4 is 14.8 Å². The van der Waals surface area contributed by atoms with Crippen LogP contribution in [0.3, 0.4) is 0 Å². The van der Waals surface area contributed by atoms with E-state index in [-0.39, 0.29) is 13.2 Å². The first kappa shape index (κ1) is 37.8. The van der Waals surface area contributed by atoms with Gasteiger partial charge in [-0.25, -0.2) is 14.2 Å². The van der Waals surface area contributed by atoms with E-state index in [0.717, 1.165) is 22.7 Å². The van der Waals surface area contributed by atoms with Gasteiger partial charge in [0.05, 0.1) is 11.9 Å². The Morgan fingerprint density at radius 1 is 0.833 bits per heavy atom. The minimum Gasteiger partial charge on any atom is -0.447 e. The Labute approximate surface area is 258 Å². The smallest absolute Gasteiger partial charge is 0.447 e. The Kier molecular flexibility index (Phi) is 21.9. The number of hydrogen-bond acceptors (Lipinski definition) is 7. The second-order valence-electron chi connectivity index (χ2n) is 11.0. The summed E-state index contributed by atoms with van der Waals surface area (Å²) >= 11 is 1.45. The molecule has 0 aliphatic rings. The summed E-state index contributed by atoms with van der Waals surface area (Å²) in [5, 5.41) is 5.49. The van der Waals surface area contributed by atoms with E-state index in [1.54, 1.807) is 5.38 Å². The molecule has 0 aromatic carbocycles. The zero-order valence-electron chi connectivity index (χ0n) is 27.0. The number of alkyl carbamates (subject to hydrolysis) is 1. The Balaban J connectivity index is 2.09. The Hall–Kier alpha value is -2.20. The van der Waals surface area contributed by atoms with Crippen LogP contribution in [0.5, 0.6) is 0 Å². The molecule has 42 heavy (non-hydrogen) atoms.